The Kier molecular flexibility index (Phi) is 5.68. The number of nitrogens with one attached hydrogen (secondary N) is 2. The highest BCUT2D eigenvalue weighted by atomic mass is 79.9. The molecule has 0 saturated carbocycles. The Bertz CT molecular complexity index is 387. The van der Waals surface area contributed by atoms with Crippen LogP contribution in [-0.2, 0) is 4.79 Å². The SMILES string of the molecule is CCCNC(=O)CNc1ncc(Br)c(OC)n1. The fourth-order valence-corrected chi connectivity index (χ4v) is 1.42. The molecule has 7 heteroatoms. The van der Waals surface area contributed by atoms with Crippen LogP contribution in [-0.4, -0.2) is 36.1 Å². The summed E-state index contributed by atoms with van der Waals surface area (Å²) in [5.41, 5.74) is 0. The molecule has 1 amide bonds. The van der Waals surface area contributed by atoms with Gasteiger partial charge in [0.2, 0.25) is 17.7 Å². The van der Waals surface area contributed by atoms with Crippen LogP contribution in [0.3, 0.4) is 0 Å². The zero-order chi connectivity index (χ0) is 12.7. The number of ether oxygens (including phenoxy) is 1. The average Bonchev–Trinajstić information content (AvgIpc) is 2.35. The molecule has 17 heavy (non-hydrogen) atoms. The molecule has 0 radical (unpaired) electrons. The van der Waals surface area contributed by atoms with Gasteiger partial charge in [0.15, 0.2) is 0 Å². The third-order valence-electron chi connectivity index (χ3n) is 1.88. The van der Waals surface area contributed by atoms with E-state index in [2.05, 4.69) is 36.5 Å². The van der Waals surface area contributed by atoms with Gasteiger partial charge in [-0.15, -0.1) is 0 Å². The van der Waals surface area contributed by atoms with Crippen molar-refractivity contribution in [2.45, 2.75) is 13.3 Å². The number of nitrogens with zero attached hydrogens (tertiary/aromatic N) is 2. The fourth-order valence-electron chi connectivity index (χ4n) is 1.07. The van der Waals surface area contributed by atoms with Gasteiger partial charge in [0.05, 0.1) is 24.3 Å². The number of carbonyl (C=O) groups is 1. The van der Waals surface area contributed by atoms with E-state index in [0.29, 0.717) is 22.8 Å². The molecule has 0 fully saturated rings. The predicted molar refractivity (Wildman–Crippen MR) is 68.1 cm³/mol. The Morgan fingerprint density at radius 1 is 1.59 bits per heavy atom. The molecule has 1 aromatic heterocycles. The summed E-state index contributed by atoms with van der Waals surface area (Å²) in [7, 11) is 1.52. The lowest BCUT2D eigenvalue weighted by atomic mass is 10.4. The molecule has 1 aromatic rings. The van der Waals surface area contributed by atoms with E-state index in [-0.39, 0.29) is 12.5 Å². The Balaban J connectivity index is 2.49. The van der Waals surface area contributed by atoms with Crippen molar-refractivity contribution in [3.63, 3.8) is 0 Å². The van der Waals surface area contributed by atoms with Crippen molar-refractivity contribution in [1.29, 1.82) is 0 Å². The van der Waals surface area contributed by atoms with E-state index in [1.165, 1.54) is 7.11 Å². The summed E-state index contributed by atoms with van der Waals surface area (Å²) in [5, 5.41) is 5.57. The smallest absolute Gasteiger partial charge is 0.239 e. The van der Waals surface area contributed by atoms with Gasteiger partial charge in [-0.1, -0.05) is 6.92 Å². The molecular weight excluding hydrogens is 288 g/mol. The van der Waals surface area contributed by atoms with Crippen LogP contribution < -0.4 is 15.4 Å². The van der Waals surface area contributed by atoms with E-state index >= 15 is 0 Å². The van der Waals surface area contributed by atoms with Crippen LogP contribution in [0.5, 0.6) is 5.88 Å². The second-order valence-electron chi connectivity index (χ2n) is 3.25. The van der Waals surface area contributed by atoms with Crippen LogP contribution in [0, 0.1) is 0 Å². The van der Waals surface area contributed by atoms with Crippen molar-refractivity contribution >= 4 is 27.8 Å². The number of rotatable bonds is 6. The minimum absolute atomic E-state index is 0.0858. The van der Waals surface area contributed by atoms with Crippen molar-refractivity contribution in [3.8, 4) is 5.88 Å². The highest BCUT2D eigenvalue weighted by Gasteiger charge is 2.06. The van der Waals surface area contributed by atoms with E-state index in [9.17, 15) is 4.79 Å². The Labute approximate surface area is 108 Å². The maximum absolute atomic E-state index is 11.3. The summed E-state index contributed by atoms with van der Waals surface area (Å²) >= 11 is 3.25. The first-order valence-electron chi connectivity index (χ1n) is 5.24. The second kappa shape index (κ2) is 7.05. The van der Waals surface area contributed by atoms with Crippen molar-refractivity contribution < 1.29 is 9.53 Å². The van der Waals surface area contributed by atoms with Gasteiger partial charge < -0.3 is 15.4 Å². The molecule has 6 nitrogen and oxygen atoms in total. The number of aromatic nitrogens is 2. The molecule has 94 valence electrons. The maximum atomic E-state index is 11.3. The van der Waals surface area contributed by atoms with Gasteiger partial charge >= 0.3 is 0 Å². The van der Waals surface area contributed by atoms with Crippen LogP contribution in [0.25, 0.3) is 0 Å². The highest BCUT2D eigenvalue weighted by Crippen LogP contribution is 2.21. The first kappa shape index (κ1) is 13.7. The zero-order valence-corrected chi connectivity index (χ0v) is 11.4. The summed E-state index contributed by atoms with van der Waals surface area (Å²) < 4.78 is 5.69. The van der Waals surface area contributed by atoms with Gasteiger partial charge in [-0.3, -0.25) is 4.79 Å². The third kappa shape index (κ3) is 4.56. The van der Waals surface area contributed by atoms with Crippen molar-refractivity contribution in [3.05, 3.63) is 10.7 Å². The number of halogens is 1. The molecule has 0 atom stereocenters. The largest absolute Gasteiger partial charge is 0.480 e. The first-order chi connectivity index (χ1) is 8.17. The number of hydrogen-bond donors (Lipinski definition) is 2. The van der Waals surface area contributed by atoms with Crippen LogP contribution in [0.2, 0.25) is 0 Å². The van der Waals surface area contributed by atoms with E-state index < -0.39 is 0 Å². The van der Waals surface area contributed by atoms with E-state index in [1.807, 2.05) is 6.92 Å². The van der Waals surface area contributed by atoms with Crippen LogP contribution in [0.1, 0.15) is 13.3 Å². The minimum Gasteiger partial charge on any atom is -0.480 e. The maximum Gasteiger partial charge on any atom is 0.239 e. The second-order valence-corrected chi connectivity index (χ2v) is 4.11. The molecule has 0 aliphatic heterocycles. The quantitative estimate of drug-likeness (QED) is 0.825. The molecule has 0 aliphatic rings. The van der Waals surface area contributed by atoms with Crippen LogP contribution in [0.4, 0.5) is 5.95 Å². The molecule has 0 saturated heterocycles. The first-order valence-corrected chi connectivity index (χ1v) is 6.03. The average molecular weight is 303 g/mol. The fraction of sp³-hybridized carbons (Fsp3) is 0.500. The zero-order valence-electron chi connectivity index (χ0n) is 9.79. The van der Waals surface area contributed by atoms with Crippen molar-refractivity contribution in [2.75, 3.05) is 25.5 Å². The Morgan fingerprint density at radius 3 is 3.00 bits per heavy atom. The monoisotopic (exact) mass is 302 g/mol. The van der Waals surface area contributed by atoms with E-state index in [4.69, 9.17) is 4.74 Å². The van der Waals surface area contributed by atoms with Gasteiger partial charge in [0, 0.05) is 6.54 Å². The van der Waals surface area contributed by atoms with Gasteiger partial charge in [-0.2, -0.15) is 4.98 Å². The number of carbonyl (C=O) groups excluding carboxylic acids is 1. The molecule has 0 unspecified atom stereocenters. The molecule has 1 rings (SSSR count). The molecule has 0 aromatic carbocycles. The molecule has 1 heterocycles. The van der Waals surface area contributed by atoms with E-state index in [0.717, 1.165) is 6.42 Å². The number of amides is 1. The summed E-state index contributed by atoms with van der Waals surface area (Å²) in [6, 6.07) is 0. The molecule has 0 bridgehead atoms. The van der Waals surface area contributed by atoms with Gasteiger partial charge in [-0.05, 0) is 22.4 Å². The standard InChI is InChI=1S/C10H15BrN4O2/c1-3-4-12-8(16)6-14-10-13-5-7(11)9(15-10)17-2/h5H,3-4,6H2,1-2H3,(H,12,16)(H,13,14,15). The molecule has 2 N–H and O–H groups in total. The van der Waals surface area contributed by atoms with Crippen molar-refractivity contribution in [2.24, 2.45) is 0 Å². The Morgan fingerprint density at radius 2 is 2.35 bits per heavy atom. The predicted octanol–water partition coefficient (Wildman–Crippen LogP) is 1.19. The normalized spacial score (nSPS) is 9.82. The van der Waals surface area contributed by atoms with Crippen LogP contribution >= 0.6 is 15.9 Å². The topological polar surface area (TPSA) is 76.1 Å². The lowest BCUT2D eigenvalue weighted by molar-refractivity contribution is -0.119. The summed E-state index contributed by atoms with van der Waals surface area (Å²) in [6.07, 6.45) is 2.48. The van der Waals surface area contributed by atoms with Crippen LogP contribution in [0.15, 0.2) is 10.7 Å². The highest BCUT2D eigenvalue weighted by molar-refractivity contribution is 9.10. The minimum atomic E-state index is -0.0858. The lowest BCUT2D eigenvalue weighted by Crippen LogP contribution is -2.30. The number of anilines is 1. The summed E-state index contributed by atoms with van der Waals surface area (Å²) in [5.74, 6) is 0.700. The van der Waals surface area contributed by atoms with Gasteiger partial charge in [-0.25, -0.2) is 4.98 Å². The molecule has 0 aliphatic carbocycles. The molecular formula is C10H15BrN4O2. The number of methoxy groups -OCH3 is 1. The van der Waals surface area contributed by atoms with Crippen molar-refractivity contribution in [1.82, 2.24) is 15.3 Å². The number of hydrogen-bond acceptors (Lipinski definition) is 5. The van der Waals surface area contributed by atoms with E-state index in [1.54, 1.807) is 6.20 Å². The van der Waals surface area contributed by atoms with Gasteiger partial charge in [0.25, 0.3) is 0 Å². The molecule has 0 spiro atoms. The third-order valence-corrected chi connectivity index (χ3v) is 2.43. The Hall–Kier alpha value is -1.37. The lowest BCUT2D eigenvalue weighted by Gasteiger charge is -2.07. The van der Waals surface area contributed by atoms with Gasteiger partial charge in [0.1, 0.15) is 0 Å². The summed E-state index contributed by atoms with van der Waals surface area (Å²) in [6.45, 7) is 2.81. The summed E-state index contributed by atoms with van der Waals surface area (Å²) in [4.78, 5) is 19.4.